The van der Waals surface area contributed by atoms with Crippen molar-refractivity contribution in [3.8, 4) is 28.1 Å². The molecular formula is C22H16Cl2F3NO4. The molecule has 1 heterocycles. The van der Waals surface area contributed by atoms with Crippen LogP contribution in [-0.4, -0.2) is 22.0 Å². The maximum Gasteiger partial charge on any atom is 0.573 e. The predicted molar refractivity (Wildman–Crippen MR) is 116 cm³/mol. The van der Waals surface area contributed by atoms with E-state index in [9.17, 15) is 27.9 Å². The lowest BCUT2D eigenvalue weighted by Gasteiger charge is -2.21. The molecule has 0 bridgehead atoms. The average molecular weight is 486 g/mol. The fourth-order valence-corrected chi connectivity index (χ4v) is 3.83. The number of alkyl halides is 3. The van der Waals surface area contributed by atoms with Crippen molar-refractivity contribution >= 4 is 29.2 Å². The summed E-state index contributed by atoms with van der Waals surface area (Å²) in [5.41, 5.74) is 0.0416. The molecule has 3 rings (SSSR count). The van der Waals surface area contributed by atoms with Crippen molar-refractivity contribution in [2.45, 2.75) is 26.8 Å². The second kappa shape index (κ2) is 8.88. The van der Waals surface area contributed by atoms with Gasteiger partial charge in [-0.1, -0.05) is 41.4 Å². The van der Waals surface area contributed by atoms with E-state index in [-0.39, 0.29) is 26.9 Å². The summed E-state index contributed by atoms with van der Waals surface area (Å²) in [5, 5.41) is 10.3. The standard InChI is InChI=1S/C22H16Cl2F3NO4/c1-3-28-11(2)17(12-4-7-14(8-5-12)32-22(25,26)27)20(29)18(21(30)31)19(28)13-6-9-15(23)16(24)10-13/h4-10H,3H2,1-2H3,(H,30,31). The number of benzene rings is 2. The first-order valence-corrected chi connectivity index (χ1v) is 10.0. The highest BCUT2D eigenvalue weighted by Gasteiger charge is 2.31. The Morgan fingerprint density at radius 3 is 2.16 bits per heavy atom. The van der Waals surface area contributed by atoms with Crippen LogP contribution in [0.15, 0.2) is 47.3 Å². The maximum atomic E-state index is 13.3. The molecule has 0 fully saturated rings. The van der Waals surface area contributed by atoms with Gasteiger partial charge in [0, 0.05) is 23.4 Å². The molecule has 0 amide bonds. The number of rotatable bonds is 5. The van der Waals surface area contributed by atoms with Crippen molar-refractivity contribution in [1.29, 1.82) is 0 Å². The van der Waals surface area contributed by atoms with E-state index in [2.05, 4.69) is 4.74 Å². The third-order valence-corrected chi connectivity index (χ3v) is 5.57. The molecule has 1 aromatic heterocycles. The number of nitrogens with zero attached hydrogens (tertiary/aromatic N) is 1. The van der Waals surface area contributed by atoms with Gasteiger partial charge in [0.1, 0.15) is 11.3 Å². The Morgan fingerprint density at radius 2 is 1.66 bits per heavy atom. The first-order valence-electron chi connectivity index (χ1n) is 9.26. The molecule has 1 N–H and O–H groups in total. The molecule has 10 heteroatoms. The van der Waals surface area contributed by atoms with E-state index in [0.717, 1.165) is 12.1 Å². The Balaban J connectivity index is 2.28. The third kappa shape index (κ3) is 4.61. The summed E-state index contributed by atoms with van der Waals surface area (Å²) in [5.74, 6) is -1.91. The number of ether oxygens (including phenoxy) is 1. The Bertz CT molecular complexity index is 1250. The summed E-state index contributed by atoms with van der Waals surface area (Å²) in [6.07, 6.45) is -4.86. The Hall–Kier alpha value is -2.97. The van der Waals surface area contributed by atoms with E-state index >= 15 is 0 Å². The highest BCUT2D eigenvalue weighted by atomic mass is 35.5. The van der Waals surface area contributed by atoms with Crippen molar-refractivity contribution in [2.24, 2.45) is 0 Å². The van der Waals surface area contributed by atoms with Crippen molar-refractivity contribution in [3.63, 3.8) is 0 Å². The molecule has 0 aliphatic heterocycles. The van der Waals surface area contributed by atoms with E-state index in [4.69, 9.17) is 23.2 Å². The van der Waals surface area contributed by atoms with Crippen LogP contribution in [0, 0.1) is 6.92 Å². The van der Waals surface area contributed by atoms with Crippen LogP contribution < -0.4 is 10.2 Å². The molecule has 0 saturated carbocycles. The van der Waals surface area contributed by atoms with Crippen LogP contribution >= 0.6 is 23.2 Å². The zero-order valence-corrected chi connectivity index (χ0v) is 18.3. The van der Waals surface area contributed by atoms with Crippen molar-refractivity contribution in [3.05, 3.63) is 74.0 Å². The van der Waals surface area contributed by atoms with Crippen molar-refractivity contribution in [2.75, 3.05) is 0 Å². The molecule has 0 spiro atoms. The number of halogens is 5. The van der Waals surface area contributed by atoms with Gasteiger partial charge in [0.15, 0.2) is 0 Å². The minimum absolute atomic E-state index is 0.0617. The fraction of sp³-hybridized carbons (Fsp3) is 0.182. The van der Waals surface area contributed by atoms with Crippen LogP contribution in [-0.2, 0) is 6.54 Å². The van der Waals surface area contributed by atoms with E-state index < -0.39 is 29.1 Å². The molecule has 32 heavy (non-hydrogen) atoms. The average Bonchev–Trinajstić information content (AvgIpc) is 2.69. The van der Waals surface area contributed by atoms with Crippen LogP contribution in [0.5, 0.6) is 5.75 Å². The van der Waals surface area contributed by atoms with Gasteiger partial charge < -0.3 is 14.4 Å². The quantitative estimate of drug-likeness (QED) is 0.453. The van der Waals surface area contributed by atoms with Crippen LogP contribution in [0.1, 0.15) is 23.0 Å². The van der Waals surface area contributed by atoms with E-state index in [1.807, 2.05) is 0 Å². The first kappa shape index (κ1) is 23.7. The molecule has 0 aliphatic rings. The number of pyridine rings is 1. The molecule has 3 aromatic rings. The SMILES string of the molecule is CCn1c(C)c(-c2ccc(OC(F)(F)F)cc2)c(=O)c(C(=O)O)c1-c1ccc(Cl)c(Cl)c1. The fourth-order valence-electron chi connectivity index (χ4n) is 3.54. The van der Waals surface area contributed by atoms with Crippen LogP contribution in [0.2, 0.25) is 10.0 Å². The van der Waals surface area contributed by atoms with Gasteiger partial charge in [0.2, 0.25) is 5.43 Å². The summed E-state index contributed by atoms with van der Waals surface area (Å²) in [7, 11) is 0. The van der Waals surface area contributed by atoms with Crippen LogP contribution in [0.4, 0.5) is 13.2 Å². The Labute approximate surface area is 190 Å². The molecule has 5 nitrogen and oxygen atoms in total. The first-order chi connectivity index (χ1) is 14.9. The lowest BCUT2D eigenvalue weighted by Crippen LogP contribution is -2.25. The molecule has 0 atom stereocenters. The number of carboxylic acid groups (broad SMARTS) is 1. The van der Waals surface area contributed by atoms with Gasteiger partial charge in [-0.25, -0.2) is 4.79 Å². The zero-order valence-electron chi connectivity index (χ0n) is 16.8. The largest absolute Gasteiger partial charge is 0.573 e. The number of carboxylic acids is 1. The predicted octanol–water partition coefficient (Wildman–Crippen LogP) is 6.41. The van der Waals surface area contributed by atoms with E-state index in [0.29, 0.717) is 17.8 Å². The Morgan fingerprint density at radius 1 is 1.06 bits per heavy atom. The molecule has 0 saturated heterocycles. The molecule has 2 aromatic carbocycles. The molecular weight excluding hydrogens is 470 g/mol. The highest BCUT2D eigenvalue weighted by molar-refractivity contribution is 6.42. The monoisotopic (exact) mass is 485 g/mol. The topological polar surface area (TPSA) is 68.5 Å². The molecule has 0 radical (unpaired) electrons. The van der Waals surface area contributed by atoms with Crippen LogP contribution in [0.3, 0.4) is 0 Å². The van der Waals surface area contributed by atoms with E-state index in [1.165, 1.54) is 24.3 Å². The second-order valence-electron chi connectivity index (χ2n) is 6.76. The highest BCUT2D eigenvalue weighted by Crippen LogP contribution is 2.33. The Kier molecular flexibility index (Phi) is 6.57. The lowest BCUT2D eigenvalue weighted by molar-refractivity contribution is -0.274. The normalized spacial score (nSPS) is 11.5. The minimum atomic E-state index is -4.86. The number of hydrogen-bond acceptors (Lipinski definition) is 3. The third-order valence-electron chi connectivity index (χ3n) is 4.83. The van der Waals surface area contributed by atoms with Crippen LogP contribution in [0.25, 0.3) is 22.4 Å². The zero-order chi connectivity index (χ0) is 23.8. The molecule has 0 unspecified atom stereocenters. The lowest BCUT2D eigenvalue weighted by atomic mass is 9.96. The van der Waals surface area contributed by atoms with Gasteiger partial charge in [0.25, 0.3) is 0 Å². The minimum Gasteiger partial charge on any atom is -0.477 e. The molecule has 0 aliphatic carbocycles. The smallest absolute Gasteiger partial charge is 0.477 e. The summed E-state index contributed by atoms with van der Waals surface area (Å²) >= 11 is 12.1. The van der Waals surface area contributed by atoms with Gasteiger partial charge >= 0.3 is 12.3 Å². The summed E-state index contributed by atoms with van der Waals surface area (Å²) in [6.45, 7) is 3.71. The van der Waals surface area contributed by atoms with Gasteiger partial charge in [0.05, 0.1) is 15.7 Å². The van der Waals surface area contributed by atoms with E-state index in [1.54, 1.807) is 24.5 Å². The van der Waals surface area contributed by atoms with Crippen molar-refractivity contribution < 1.29 is 27.8 Å². The van der Waals surface area contributed by atoms with Gasteiger partial charge in [-0.05, 0) is 43.7 Å². The van der Waals surface area contributed by atoms with Gasteiger partial charge in [-0.15, -0.1) is 13.2 Å². The number of carbonyl (C=O) groups is 1. The number of hydrogen-bond donors (Lipinski definition) is 1. The number of aromatic nitrogens is 1. The number of aromatic carboxylic acids is 1. The summed E-state index contributed by atoms with van der Waals surface area (Å²) < 4.78 is 42.8. The summed E-state index contributed by atoms with van der Waals surface area (Å²) in [6, 6.07) is 9.20. The van der Waals surface area contributed by atoms with Gasteiger partial charge in [-0.2, -0.15) is 0 Å². The maximum absolute atomic E-state index is 13.3. The van der Waals surface area contributed by atoms with Crippen molar-refractivity contribution in [1.82, 2.24) is 4.57 Å². The summed E-state index contributed by atoms with van der Waals surface area (Å²) in [4.78, 5) is 25.4. The molecule has 168 valence electrons. The van der Waals surface area contributed by atoms with Gasteiger partial charge in [-0.3, -0.25) is 4.79 Å². The second-order valence-corrected chi connectivity index (χ2v) is 7.58.